The van der Waals surface area contributed by atoms with E-state index in [1.54, 1.807) is 0 Å². The summed E-state index contributed by atoms with van der Waals surface area (Å²) in [6.45, 7) is 5.91. The minimum absolute atomic E-state index is 0.0575. The first kappa shape index (κ1) is 14.9. The minimum atomic E-state index is -0.327. The number of rotatable bonds is 5. The molecule has 4 N–H and O–H groups in total. The second-order valence-electron chi connectivity index (χ2n) is 4.61. The van der Waals surface area contributed by atoms with Gasteiger partial charge in [-0.2, -0.15) is 0 Å². The fourth-order valence-electron chi connectivity index (χ4n) is 1.85. The van der Waals surface area contributed by atoms with Gasteiger partial charge in [-0.15, -0.1) is 0 Å². The lowest BCUT2D eigenvalue weighted by Crippen LogP contribution is -2.55. The highest BCUT2D eigenvalue weighted by Gasteiger charge is 2.29. The molecule has 0 aromatic heterocycles. The van der Waals surface area contributed by atoms with Gasteiger partial charge in [0.05, 0.1) is 13.2 Å². The van der Waals surface area contributed by atoms with Gasteiger partial charge in [-0.3, -0.25) is 19.9 Å². The quantitative estimate of drug-likeness (QED) is 0.320. The van der Waals surface area contributed by atoms with Gasteiger partial charge in [0.1, 0.15) is 6.04 Å². The highest BCUT2D eigenvalue weighted by molar-refractivity contribution is 5.82. The van der Waals surface area contributed by atoms with E-state index in [2.05, 4.69) is 10.7 Å². The van der Waals surface area contributed by atoms with Crippen LogP contribution in [0.1, 0.15) is 20.3 Å². The predicted octanol–water partition coefficient (Wildman–Crippen LogP) is -1.41. The SMILES string of the molecule is CC(C)NC(=O)C1COCCN1CCC(=O)NN. The topological polar surface area (TPSA) is 96.7 Å². The Kier molecular flexibility index (Phi) is 6.03. The largest absolute Gasteiger partial charge is 0.378 e. The van der Waals surface area contributed by atoms with Crippen LogP contribution < -0.4 is 16.6 Å². The highest BCUT2D eigenvalue weighted by Crippen LogP contribution is 2.08. The van der Waals surface area contributed by atoms with E-state index in [1.165, 1.54) is 0 Å². The number of nitrogens with one attached hydrogen (secondary N) is 2. The molecular formula is C11H22N4O3. The van der Waals surface area contributed by atoms with E-state index in [1.807, 2.05) is 18.7 Å². The van der Waals surface area contributed by atoms with Crippen LogP contribution >= 0.6 is 0 Å². The van der Waals surface area contributed by atoms with Gasteiger partial charge in [0, 0.05) is 25.6 Å². The lowest BCUT2D eigenvalue weighted by molar-refractivity contribution is -0.134. The van der Waals surface area contributed by atoms with Crippen molar-refractivity contribution in [1.82, 2.24) is 15.6 Å². The zero-order valence-electron chi connectivity index (χ0n) is 10.9. The summed E-state index contributed by atoms with van der Waals surface area (Å²) in [6, 6.07) is -0.236. The average molecular weight is 258 g/mol. The van der Waals surface area contributed by atoms with Crippen molar-refractivity contribution in [1.29, 1.82) is 0 Å². The van der Waals surface area contributed by atoms with Gasteiger partial charge in [0.2, 0.25) is 11.8 Å². The highest BCUT2D eigenvalue weighted by atomic mass is 16.5. The molecule has 1 aliphatic heterocycles. The Labute approximate surface area is 107 Å². The van der Waals surface area contributed by atoms with E-state index in [0.717, 1.165) is 0 Å². The van der Waals surface area contributed by atoms with Crippen LogP contribution in [0.5, 0.6) is 0 Å². The molecular weight excluding hydrogens is 236 g/mol. The van der Waals surface area contributed by atoms with Crippen molar-refractivity contribution in [2.24, 2.45) is 5.84 Å². The third-order valence-corrected chi connectivity index (χ3v) is 2.76. The van der Waals surface area contributed by atoms with E-state index >= 15 is 0 Å². The van der Waals surface area contributed by atoms with Crippen molar-refractivity contribution in [3.8, 4) is 0 Å². The zero-order chi connectivity index (χ0) is 13.5. The van der Waals surface area contributed by atoms with Crippen LogP contribution in [0.15, 0.2) is 0 Å². The molecule has 0 aromatic rings. The van der Waals surface area contributed by atoms with Crippen molar-refractivity contribution in [2.75, 3.05) is 26.3 Å². The van der Waals surface area contributed by atoms with Crippen molar-refractivity contribution in [3.05, 3.63) is 0 Å². The molecule has 1 aliphatic rings. The number of hydrazine groups is 1. The molecule has 0 spiro atoms. The summed E-state index contributed by atoms with van der Waals surface area (Å²) in [5.74, 6) is 4.74. The second kappa shape index (κ2) is 7.30. The first-order chi connectivity index (χ1) is 8.54. The van der Waals surface area contributed by atoms with Crippen LogP contribution in [0.2, 0.25) is 0 Å². The van der Waals surface area contributed by atoms with Crippen LogP contribution in [-0.4, -0.2) is 55.1 Å². The molecule has 1 atom stereocenters. The first-order valence-corrected chi connectivity index (χ1v) is 6.16. The molecule has 7 nitrogen and oxygen atoms in total. The van der Waals surface area contributed by atoms with Crippen LogP contribution in [0.3, 0.4) is 0 Å². The van der Waals surface area contributed by atoms with Crippen LogP contribution in [0.4, 0.5) is 0 Å². The lowest BCUT2D eigenvalue weighted by Gasteiger charge is -2.34. The number of amides is 2. The number of hydrogen-bond acceptors (Lipinski definition) is 5. The van der Waals surface area contributed by atoms with E-state index in [-0.39, 0.29) is 30.3 Å². The molecule has 0 aromatic carbocycles. The Hall–Kier alpha value is -1.18. The number of carbonyl (C=O) groups is 2. The second-order valence-corrected chi connectivity index (χ2v) is 4.61. The summed E-state index contributed by atoms with van der Waals surface area (Å²) >= 11 is 0. The smallest absolute Gasteiger partial charge is 0.239 e. The van der Waals surface area contributed by atoms with Gasteiger partial charge in [-0.25, -0.2) is 5.84 Å². The Bertz CT molecular complexity index is 296. The maximum absolute atomic E-state index is 12.0. The summed E-state index contributed by atoms with van der Waals surface area (Å²) in [5, 5.41) is 2.86. The first-order valence-electron chi connectivity index (χ1n) is 6.16. The molecule has 0 saturated carbocycles. The fourth-order valence-corrected chi connectivity index (χ4v) is 1.85. The molecule has 2 amide bonds. The fraction of sp³-hybridized carbons (Fsp3) is 0.818. The molecule has 1 saturated heterocycles. The third kappa shape index (κ3) is 4.59. The Morgan fingerprint density at radius 1 is 1.50 bits per heavy atom. The predicted molar refractivity (Wildman–Crippen MR) is 66.4 cm³/mol. The van der Waals surface area contributed by atoms with Crippen LogP contribution in [0.25, 0.3) is 0 Å². The zero-order valence-corrected chi connectivity index (χ0v) is 10.9. The molecule has 104 valence electrons. The van der Waals surface area contributed by atoms with Crippen LogP contribution in [-0.2, 0) is 14.3 Å². The van der Waals surface area contributed by atoms with Gasteiger partial charge >= 0.3 is 0 Å². The van der Waals surface area contributed by atoms with E-state index in [9.17, 15) is 9.59 Å². The standard InChI is InChI=1S/C11H22N4O3/c1-8(2)13-11(17)9-7-18-6-5-15(9)4-3-10(16)14-12/h8-9H,3-7,12H2,1-2H3,(H,13,17)(H,14,16). The number of nitrogens with zero attached hydrogens (tertiary/aromatic N) is 1. The summed E-state index contributed by atoms with van der Waals surface area (Å²) in [5.41, 5.74) is 2.08. The number of ether oxygens (including phenoxy) is 1. The maximum atomic E-state index is 12.0. The molecule has 0 bridgehead atoms. The summed E-state index contributed by atoms with van der Waals surface area (Å²) in [4.78, 5) is 25.0. The number of carbonyl (C=O) groups excluding carboxylic acids is 2. The van der Waals surface area contributed by atoms with E-state index in [0.29, 0.717) is 26.3 Å². The summed E-state index contributed by atoms with van der Waals surface area (Å²) in [7, 11) is 0. The van der Waals surface area contributed by atoms with Crippen molar-refractivity contribution in [2.45, 2.75) is 32.4 Å². The monoisotopic (exact) mass is 258 g/mol. The Morgan fingerprint density at radius 2 is 2.22 bits per heavy atom. The normalized spacial score (nSPS) is 20.8. The molecule has 1 rings (SSSR count). The number of hydrogen-bond donors (Lipinski definition) is 3. The maximum Gasteiger partial charge on any atom is 0.239 e. The van der Waals surface area contributed by atoms with Gasteiger partial charge in [0.25, 0.3) is 0 Å². The summed E-state index contributed by atoms with van der Waals surface area (Å²) in [6.07, 6.45) is 0.280. The number of morpholine rings is 1. The van der Waals surface area contributed by atoms with Gasteiger partial charge < -0.3 is 10.1 Å². The van der Waals surface area contributed by atoms with Crippen LogP contribution in [0, 0.1) is 0 Å². The van der Waals surface area contributed by atoms with Gasteiger partial charge in [-0.1, -0.05) is 0 Å². The molecule has 1 heterocycles. The molecule has 0 radical (unpaired) electrons. The molecule has 1 unspecified atom stereocenters. The Morgan fingerprint density at radius 3 is 2.83 bits per heavy atom. The van der Waals surface area contributed by atoms with Gasteiger partial charge in [-0.05, 0) is 13.8 Å². The molecule has 0 aliphatic carbocycles. The van der Waals surface area contributed by atoms with Crippen molar-refractivity contribution in [3.63, 3.8) is 0 Å². The molecule has 7 heteroatoms. The lowest BCUT2D eigenvalue weighted by atomic mass is 10.2. The van der Waals surface area contributed by atoms with Crippen molar-refractivity contribution >= 4 is 11.8 Å². The average Bonchev–Trinajstić information content (AvgIpc) is 2.35. The minimum Gasteiger partial charge on any atom is -0.378 e. The Balaban J connectivity index is 2.51. The summed E-state index contributed by atoms with van der Waals surface area (Å²) < 4.78 is 5.32. The van der Waals surface area contributed by atoms with Crippen molar-refractivity contribution < 1.29 is 14.3 Å². The molecule has 18 heavy (non-hydrogen) atoms. The molecule has 1 fully saturated rings. The van der Waals surface area contributed by atoms with E-state index in [4.69, 9.17) is 10.6 Å². The van der Waals surface area contributed by atoms with E-state index < -0.39 is 0 Å². The third-order valence-electron chi connectivity index (χ3n) is 2.76. The van der Waals surface area contributed by atoms with Gasteiger partial charge in [0.15, 0.2) is 0 Å². The number of nitrogens with two attached hydrogens (primary N) is 1.